The Kier molecular flexibility index (Phi) is 5.27. The van der Waals surface area contributed by atoms with Crippen LogP contribution < -0.4 is 10.9 Å². The number of thioether (sulfide) groups is 1. The summed E-state index contributed by atoms with van der Waals surface area (Å²) in [6, 6.07) is 5.85. The van der Waals surface area contributed by atoms with Gasteiger partial charge in [-0.2, -0.15) is 0 Å². The zero-order valence-corrected chi connectivity index (χ0v) is 15.6. The van der Waals surface area contributed by atoms with Gasteiger partial charge < -0.3 is 10.3 Å². The quantitative estimate of drug-likeness (QED) is 0.650. The molecule has 0 spiro atoms. The first kappa shape index (κ1) is 17.7. The molecule has 3 rings (SSSR count). The molecule has 0 saturated carbocycles. The van der Waals surface area contributed by atoms with Crippen LogP contribution in [0, 0.1) is 13.8 Å². The minimum atomic E-state index is -0.357. The fourth-order valence-electron chi connectivity index (χ4n) is 2.98. The van der Waals surface area contributed by atoms with Crippen molar-refractivity contribution in [3.8, 4) is 0 Å². The number of amides is 1. The molecule has 0 radical (unpaired) electrons. The van der Waals surface area contributed by atoms with Crippen LogP contribution in [0.15, 0.2) is 28.2 Å². The number of aromatic amines is 1. The minimum absolute atomic E-state index is 0.0608. The second kappa shape index (κ2) is 7.44. The first-order chi connectivity index (χ1) is 12.0. The van der Waals surface area contributed by atoms with Crippen molar-refractivity contribution in [2.24, 2.45) is 0 Å². The smallest absolute Gasteiger partial charge is 0.254 e. The van der Waals surface area contributed by atoms with Gasteiger partial charge in [0.1, 0.15) is 0 Å². The third-order valence-corrected chi connectivity index (χ3v) is 5.67. The molecule has 1 aromatic heterocycles. The predicted molar refractivity (Wildman–Crippen MR) is 101 cm³/mol. The van der Waals surface area contributed by atoms with Gasteiger partial charge in [0.2, 0.25) is 5.91 Å². The Morgan fingerprint density at radius 1 is 1.28 bits per heavy atom. The van der Waals surface area contributed by atoms with Gasteiger partial charge >= 0.3 is 0 Å². The fraction of sp³-hybridized carbons (Fsp3) is 0.421. The summed E-state index contributed by atoms with van der Waals surface area (Å²) >= 11 is 1.29. The van der Waals surface area contributed by atoms with Gasteiger partial charge in [-0.25, -0.2) is 4.98 Å². The van der Waals surface area contributed by atoms with Gasteiger partial charge in [-0.3, -0.25) is 9.59 Å². The number of nitrogens with zero attached hydrogens (tertiary/aromatic N) is 1. The molecule has 5 nitrogen and oxygen atoms in total. The average Bonchev–Trinajstić information content (AvgIpc) is 2.59. The average molecular weight is 357 g/mol. The van der Waals surface area contributed by atoms with E-state index in [0.717, 1.165) is 53.8 Å². The van der Waals surface area contributed by atoms with E-state index >= 15 is 0 Å². The molecule has 1 amide bonds. The summed E-state index contributed by atoms with van der Waals surface area (Å²) in [5, 5.41) is 3.13. The topological polar surface area (TPSA) is 74.8 Å². The summed E-state index contributed by atoms with van der Waals surface area (Å²) < 4.78 is 0. The second-order valence-electron chi connectivity index (χ2n) is 6.50. The molecule has 1 aliphatic rings. The largest absolute Gasteiger partial charge is 0.325 e. The summed E-state index contributed by atoms with van der Waals surface area (Å²) in [6.45, 7) is 5.83. The maximum absolute atomic E-state index is 12.5. The van der Waals surface area contributed by atoms with E-state index in [1.165, 1.54) is 11.8 Å². The van der Waals surface area contributed by atoms with Crippen LogP contribution in [0.2, 0.25) is 0 Å². The van der Waals surface area contributed by atoms with Gasteiger partial charge in [0, 0.05) is 11.3 Å². The molecule has 1 atom stereocenters. The summed E-state index contributed by atoms with van der Waals surface area (Å²) in [6.07, 6.45) is 3.75. The van der Waals surface area contributed by atoms with Crippen molar-refractivity contribution in [1.29, 1.82) is 0 Å². The molecule has 25 heavy (non-hydrogen) atoms. The van der Waals surface area contributed by atoms with E-state index in [1.54, 1.807) is 0 Å². The SMILES string of the molecule is Cc1cccc(NC(=O)C(C)Sc2nc3c(c(=O)[nH]2)CCCC3)c1C. The number of aromatic nitrogens is 2. The van der Waals surface area contributed by atoms with Crippen LogP contribution in [-0.2, 0) is 17.6 Å². The zero-order valence-electron chi connectivity index (χ0n) is 14.8. The predicted octanol–water partition coefficient (Wildman–Crippen LogP) is 3.38. The summed E-state index contributed by atoms with van der Waals surface area (Å²) in [7, 11) is 0. The van der Waals surface area contributed by atoms with E-state index < -0.39 is 0 Å². The Morgan fingerprint density at radius 3 is 2.84 bits per heavy atom. The number of benzene rings is 1. The highest BCUT2D eigenvalue weighted by Gasteiger charge is 2.20. The van der Waals surface area contributed by atoms with Crippen LogP contribution in [0.5, 0.6) is 0 Å². The molecule has 2 aromatic rings. The fourth-order valence-corrected chi connectivity index (χ4v) is 3.79. The molecule has 1 aromatic carbocycles. The highest BCUT2D eigenvalue weighted by atomic mass is 32.2. The van der Waals surface area contributed by atoms with Crippen molar-refractivity contribution in [1.82, 2.24) is 9.97 Å². The van der Waals surface area contributed by atoms with Gasteiger partial charge in [0.15, 0.2) is 5.16 Å². The Bertz CT molecular complexity index is 860. The van der Waals surface area contributed by atoms with Gasteiger partial charge in [-0.15, -0.1) is 0 Å². The van der Waals surface area contributed by atoms with E-state index in [0.29, 0.717) is 5.16 Å². The molecular weight excluding hydrogens is 334 g/mol. The molecule has 0 saturated heterocycles. The number of anilines is 1. The van der Waals surface area contributed by atoms with Crippen molar-refractivity contribution in [3.63, 3.8) is 0 Å². The highest BCUT2D eigenvalue weighted by Crippen LogP contribution is 2.24. The first-order valence-electron chi connectivity index (χ1n) is 8.61. The Hall–Kier alpha value is -2.08. The monoisotopic (exact) mass is 357 g/mol. The molecule has 2 N–H and O–H groups in total. The van der Waals surface area contributed by atoms with Gasteiger partial charge in [-0.05, 0) is 63.6 Å². The maximum Gasteiger partial charge on any atom is 0.254 e. The lowest BCUT2D eigenvalue weighted by molar-refractivity contribution is -0.115. The van der Waals surface area contributed by atoms with Crippen LogP contribution in [0.25, 0.3) is 0 Å². The number of rotatable bonds is 4. The van der Waals surface area contributed by atoms with Crippen molar-refractivity contribution in [2.45, 2.75) is 56.9 Å². The van der Waals surface area contributed by atoms with Crippen LogP contribution in [0.3, 0.4) is 0 Å². The number of fused-ring (bicyclic) bond motifs is 1. The lowest BCUT2D eigenvalue weighted by atomic mass is 9.97. The Morgan fingerprint density at radius 2 is 2.04 bits per heavy atom. The summed E-state index contributed by atoms with van der Waals surface area (Å²) in [4.78, 5) is 32.1. The highest BCUT2D eigenvalue weighted by molar-refractivity contribution is 8.00. The maximum atomic E-state index is 12.5. The van der Waals surface area contributed by atoms with E-state index in [-0.39, 0.29) is 16.7 Å². The normalized spacial score (nSPS) is 14.7. The van der Waals surface area contributed by atoms with E-state index in [1.807, 2.05) is 39.0 Å². The molecule has 6 heteroatoms. The molecule has 0 bridgehead atoms. The van der Waals surface area contributed by atoms with Crippen molar-refractivity contribution in [3.05, 3.63) is 50.9 Å². The molecule has 1 heterocycles. The number of hydrogen-bond acceptors (Lipinski definition) is 4. The van der Waals surface area contributed by atoms with Crippen LogP contribution >= 0.6 is 11.8 Å². The van der Waals surface area contributed by atoms with Gasteiger partial charge in [0.05, 0.1) is 10.9 Å². The molecule has 1 aliphatic carbocycles. The number of hydrogen-bond donors (Lipinski definition) is 2. The van der Waals surface area contributed by atoms with Gasteiger partial charge in [-0.1, -0.05) is 23.9 Å². The van der Waals surface area contributed by atoms with Crippen LogP contribution in [0.1, 0.15) is 42.1 Å². The number of carbonyl (C=O) groups excluding carboxylic acids is 1. The van der Waals surface area contributed by atoms with E-state index in [2.05, 4.69) is 15.3 Å². The van der Waals surface area contributed by atoms with E-state index in [9.17, 15) is 9.59 Å². The van der Waals surface area contributed by atoms with Crippen molar-refractivity contribution >= 4 is 23.4 Å². The van der Waals surface area contributed by atoms with Crippen LogP contribution in [0.4, 0.5) is 5.69 Å². The molecule has 0 fully saturated rings. The van der Waals surface area contributed by atoms with Crippen LogP contribution in [-0.4, -0.2) is 21.1 Å². The number of carbonyl (C=O) groups is 1. The van der Waals surface area contributed by atoms with Gasteiger partial charge in [0.25, 0.3) is 5.56 Å². The Balaban J connectivity index is 1.72. The molecular formula is C19H23N3O2S. The summed E-state index contributed by atoms with van der Waals surface area (Å²) in [5.41, 5.74) is 4.66. The van der Waals surface area contributed by atoms with Crippen molar-refractivity contribution in [2.75, 3.05) is 5.32 Å². The third kappa shape index (κ3) is 3.95. The lowest BCUT2D eigenvalue weighted by Crippen LogP contribution is -2.25. The molecule has 0 aliphatic heterocycles. The second-order valence-corrected chi connectivity index (χ2v) is 7.83. The minimum Gasteiger partial charge on any atom is -0.325 e. The van der Waals surface area contributed by atoms with Crippen molar-refractivity contribution < 1.29 is 4.79 Å². The number of aryl methyl sites for hydroxylation is 2. The zero-order chi connectivity index (χ0) is 18.0. The van der Waals surface area contributed by atoms with E-state index in [4.69, 9.17) is 0 Å². The standard InChI is InChI=1S/C19H23N3O2S/c1-11-7-6-10-15(12(11)2)20-17(23)13(3)25-19-21-16-9-5-4-8-14(16)18(24)22-19/h6-7,10,13H,4-5,8-9H2,1-3H3,(H,20,23)(H,21,22,24). The number of H-pyrrole nitrogens is 1. The Labute approximate surface area is 151 Å². The summed E-state index contributed by atoms with van der Waals surface area (Å²) in [5.74, 6) is -0.0981. The number of nitrogens with one attached hydrogen (secondary N) is 2. The molecule has 1 unspecified atom stereocenters. The lowest BCUT2D eigenvalue weighted by Gasteiger charge is -2.16. The third-order valence-electron chi connectivity index (χ3n) is 4.69. The molecule has 132 valence electrons. The first-order valence-corrected chi connectivity index (χ1v) is 9.49.